The van der Waals surface area contributed by atoms with E-state index in [1.807, 2.05) is 19.1 Å². The van der Waals surface area contributed by atoms with Crippen LogP contribution < -0.4 is 5.32 Å². The molecule has 0 saturated carbocycles. The molecule has 2 rings (SSSR count). The topological polar surface area (TPSA) is 88.3 Å². The van der Waals surface area contributed by atoms with Gasteiger partial charge in [0.25, 0.3) is 5.91 Å². The van der Waals surface area contributed by atoms with Gasteiger partial charge in [0.05, 0.1) is 0 Å². The molecule has 2 aromatic rings. The van der Waals surface area contributed by atoms with Gasteiger partial charge in [-0.25, -0.2) is 4.79 Å². The molecule has 0 aliphatic carbocycles. The van der Waals surface area contributed by atoms with Crippen LogP contribution >= 0.6 is 22.6 Å². The van der Waals surface area contributed by atoms with Crippen LogP contribution in [0.2, 0.25) is 0 Å². The Balaban J connectivity index is 2.01. The number of aromatic nitrogens is 1. The molecule has 1 amide bonds. The van der Waals surface area contributed by atoms with E-state index in [1.54, 1.807) is 19.9 Å². The van der Waals surface area contributed by atoms with Crippen LogP contribution in [0.15, 0.2) is 18.2 Å². The highest BCUT2D eigenvalue weighted by atomic mass is 127. The smallest absolute Gasteiger partial charge is 0.355 e. The third-order valence-corrected chi connectivity index (χ3v) is 4.46. The molecular weight excluding hydrogens is 435 g/mol. The molecule has 0 aliphatic rings. The van der Waals surface area contributed by atoms with Gasteiger partial charge in [0.15, 0.2) is 12.4 Å². The van der Waals surface area contributed by atoms with Crippen molar-refractivity contribution in [1.82, 2.24) is 4.98 Å². The Bertz CT molecular complexity index is 855. The number of benzene rings is 1. The van der Waals surface area contributed by atoms with Gasteiger partial charge >= 0.3 is 5.97 Å². The average molecular weight is 454 g/mol. The van der Waals surface area contributed by atoms with Crippen molar-refractivity contribution in [3.05, 3.63) is 49.8 Å². The van der Waals surface area contributed by atoms with Gasteiger partial charge in [0.1, 0.15) is 5.69 Å². The van der Waals surface area contributed by atoms with Crippen LogP contribution in [0.5, 0.6) is 0 Å². The van der Waals surface area contributed by atoms with Crippen LogP contribution in [0.3, 0.4) is 0 Å². The van der Waals surface area contributed by atoms with Gasteiger partial charge in [-0.1, -0.05) is 0 Å². The van der Waals surface area contributed by atoms with Crippen molar-refractivity contribution >= 4 is 45.9 Å². The number of nitrogens with one attached hydrogen (secondary N) is 2. The van der Waals surface area contributed by atoms with Gasteiger partial charge < -0.3 is 15.0 Å². The first-order valence-corrected chi connectivity index (χ1v) is 8.71. The van der Waals surface area contributed by atoms with Crippen molar-refractivity contribution in [2.24, 2.45) is 0 Å². The highest BCUT2D eigenvalue weighted by Crippen LogP contribution is 2.20. The van der Waals surface area contributed by atoms with Gasteiger partial charge in [0.2, 0.25) is 0 Å². The maximum atomic E-state index is 12.2. The van der Waals surface area contributed by atoms with Crippen LogP contribution in [-0.2, 0) is 9.53 Å². The van der Waals surface area contributed by atoms with Crippen molar-refractivity contribution in [3.8, 4) is 0 Å². The number of Topliss-reactive ketones (excluding diaryl/α,β-unsaturated/α-hetero) is 1. The Kier molecular flexibility index (Phi) is 5.99. The molecule has 1 heterocycles. The Morgan fingerprint density at radius 1 is 1.20 bits per heavy atom. The van der Waals surface area contributed by atoms with Crippen LogP contribution in [-0.4, -0.2) is 29.3 Å². The molecule has 1 aromatic carbocycles. The molecule has 7 heteroatoms. The number of aryl methyl sites for hydroxylation is 2. The second kappa shape index (κ2) is 7.81. The minimum atomic E-state index is -0.664. The predicted molar refractivity (Wildman–Crippen MR) is 103 cm³/mol. The number of carbonyl (C=O) groups excluding carboxylic acids is 3. The van der Waals surface area contributed by atoms with E-state index in [-0.39, 0.29) is 11.5 Å². The van der Waals surface area contributed by atoms with Gasteiger partial charge in [-0.15, -0.1) is 0 Å². The lowest BCUT2D eigenvalue weighted by atomic mass is 10.1. The zero-order valence-electron chi connectivity index (χ0n) is 14.5. The van der Waals surface area contributed by atoms with E-state index in [1.165, 1.54) is 6.92 Å². The first-order valence-electron chi connectivity index (χ1n) is 7.64. The average Bonchev–Trinajstić information content (AvgIpc) is 2.82. The van der Waals surface area contributed by atoms with Crippen molar-refractivity contribution in [2.45, 2.75) is 27.7 Å². The zero-order valence-corrected chi connectivity index (χ0v) is 16.6. The molecule has 0 aliphatic heterocycles. The summed E-state index contributed by atoms with van der Waals surface area (Å²) in [5, 5.41) is 2.71. The molecule has 0 fully saturated rings. The fourth-order valence-electron chi connectivity index (χ4n) is 2.64. The summed E-state index contributed by atoms with van der Waals surface area (Å²) >= 11 is 2.19. The second-order valence-electron chi connectivity index (χ2n) is 5.76. The molecule has 25 heavy (non-hydrogen) atoms. The van der Waals surface area contributed by atoms with Crippen molar-refractivity contribution in [3.63, 3.8) is 0 Å². The van der Waals surface area contributed by atoms with E-state index in [9.17, 15) is 14.4 Å². The summed E-state index contributed by atoms with van der Waals surface area (Å²) in [7, 11) is 0. The molecular formula is C18H19IN2O4. The lowest BCUT2D eigenvalue weighted by molar-refractivity contribution is -0.119. The molecule has 132 valence electrons. The maximum Gasteiger partial charge on any atom is 0.355 e. The zero-order chi connectivity index (χ0) is 18.7. The predicted octanol–water partition coefficient (Wildman–Crippen LogP) is 3.54. The summed E-state index contributed by atoms with van der Waals surface area (Å²) in [6, 6.07) is 5.62. The number of H-pyrrole nitrogens is 1. The first kappa shape index (κ1) is 19.2. The van der Waals surface area contributed by atoms with Crippen molar-refractivity contribution in [2.75, 3.05) is 11.9 Å². The fraction of sp³-hybridized carbons (Fsp3) is 0.278. The largest absolute Gasteiger partial charge is 0.451 e. The minimum Gasteiger partial charge on any atom is -0.451 e. The monoisotopic (exact) mass is 454 g/mol. The number of anilines is 1. The van der Waals surface area contributed by atoms with Gasteiger partial charge in [-0.3, -0.25) is 9.59 Å². The highest BCUT2D eigenvalue weighted by molar-refractivity contribution is 14.1. The maximum absolute atomic E-state index is 12.2. The summed E-state index contributed by atoms with van der Waals surface area (Å²) in [5.41, 5.74) is 3.41. The third kappa shape index (κ3) is 4.47. The van der Waals surface area contributed by atoms with E-state index in [2.05, 4.69) is 32.9 Å². The molecule has 6 nitrogen and oxygen atoms in total. The Labute approximate surface area is 159 Å². The number of ether oxygens (including phenoxy) is 1. The molecule has 0 bridgehead atoms. The Hall–Kier alpha value is -2.16. The standard InChI is InChI=1S/C18H19IN2O4/c1-9-7-13(19)5-6-14(9)21-15(23)8-25-18(24)17-10(2)16(12(4)22)11(3)20-17/h5-7,20H,8H2,1-4H3,(H,21,23). The fourth-order valence-corrected chi connectivity index (χ4v) is 3.29. The number of halogens is 1. The number of carbonyl (C=O) groups is 3. The highest BCUT2D eigenvalue weighted by Gasteiger charge is 2.21. The molecule has 0 unspecified atom stereocenters. The first-order chi connectivity index (χ1) is 11.7. The quantitative estimate of drug-likeness (QED) is 0.411. The van der Waals surface area contributed by atoms with Crippen LogP contribution in [0.25, 0.3) is 0 Å². The molecule has 0 atom stereocenters. The molecule has 0 spiro atoms. The summed E-state index contributed by atoms with van der Waals surface area (Å²) in [6.45, 7) is 6.31. The number of hydrogen-bond acceptors (Lipinski definition) is 4. The lowest BCUT2D eigenvalue weighted by Crippen LogP contribution is -2.21. The van der Waals surface area contributed by atoms with E-state index in [4.69, 9.17) is 4.74 Å². The third-order valence-electron chi connectivity index (χ3n) is 3.79. The van der Waals surface area contributed by atoms with E-state index < -0.39 is 18.5 Å². The van der Waals surface area contributed by atoms with Gasteiger partial charge in [-0.2, -0.15) is 0 Å². The van der Waals surface area contributed by atoms with E-state index >= 15 is 0 Å². The lowest BCUT2D eigenvalue weighted by Gasteiger charge is -2.09. The molecule has 1 aromatic heterocycles. The normalized spacial score (nSPS) is 10.4. The van der Waals surface area contributed by atoms with Gasteiger partial charge in [0, 0.05) is 20.5 Å². The molecule has 2 N–H and O–H groups in total. The van der Waals surface area contributed by atoms with E-state index in [0.29, 0.717) is 22.5 Å². The number of hydrogen-bond donors (Lipinski definition) is 2. The number of esters is 1. The summed E-state index contributed by atoms with van der Waals surface area (Å²) < 4.78 is 6.13. The Morgan fingerprint density at radius 3 is 2.44 bits per heavy atom. The van der Waals surface area contributed by atoms with Crippen molar-refractivity contribution < 1.29 is 19.1 Å². The van der Waals surface area contributed by atoms with Crippen molar-refractivity contribution in [1.29, 1.82) is 0 Å². The van der Waals surface area contributed by atoms with Crippen LogP contribution in [0.1, 0.15) is 44.6 Å². The summed E-state index contributed by atoms with van der Waals surface area (Å²) in [5.74, 6) is -1.22. The number of amides is 1. The number of aromatic amines is 1. The SMILES string of the molecule is CC(=O)c1c(C)[nH]c(C(=O)OCC(=O)Nc2ccc(I)cc2C)c1C. The minimum absolute atomic E-state index is 0.128. The van der Waals surface area contributed by atoms with Crippen LogP contribution in [0.4, 0.5) is 5.69 Å². The molecule has 0 saturated heterocycles. The van der Waals surface area contributed by atoms with E-state index in [0.717, 1.165) is 9.13 Å². The summed E-state index contributed by atoms with van der Waals surface area (Å²) in [6.07, 6.45) is 0. The summed E-state index contributed by atoms with van der Waals surface area (Å²) in [4.78, 5) is 38.6. The second-order valence-corrected chi connectivity index (χ2v) is 7.01. The Morgan fingerprint density at radius 2 is 1.88 bits per heavy atom. The number of rotatable bonds is 5. The van der Waals surface area contributed by atoms with Gasteiger partial charge in [-0.05, 0) is 79.6 Å². The number of ketones is 1. The molecule has 0 radical (unpaired) electrons. The van der Waals surface area contributed by atoms with Crippen LogP contribution in [0, 0.1) is 24.3 Å².